The first-order valence-electron chi connectivity index (χ1n) is 5.92. The summed E-state index contributed by atoms with van der Waals surface area (Å²) in [5.74, 6) is -0.982. The Morgan fingerprint density at radius 1 is 1.44 bits per heavy atom. The molecule has 1 aromatic carbocycles. The van der Waals surface area contributed by atoms with Gasteiger partial charge in [0.15, 0.2) is 5.84 Å². The van der Waals surface area contributed by atoms with E-state index in [1.807, 2.05) is 37.3 Å². The van der Waals surface area contributed by atoms with Crippen molar-refractivity contribution in [2.75, 3.05) is 0 Å². The fourth-order valence-electron chi connectivity index (χ4n) is 1.62. The van der Waals surface area contributed by atoms with Gasteiger partial charge in [-0.25, -0.2) is 0 Å². The lowest BCUT2D eigenvalue weighted by Crippen LogP contribution is -2.38. The Bertz CT molecular complexity index is 418. The zero-order chi connectivity index (χ0) is 13.5. The molecule has 0 spiro atoms. The maximum Gasteiger partial charge on any atom is 0.231 e. The van der Waals surface area contributed by atoms with Gasteiger partial charge < -0.3 is 16.3 Å². The molecule has 0 aromatic heterocycles. The molecular weight excluding hydrogens is 230 g/mol. The normalized spacial score (nSPS) is 14.9. The Morgan fingerprint density at radius 3 is 2.56 bits per heavy atom. The van der Waals surface area contributed by atoms with Gasteiger partial charge in [0.25, 0.3) is 0 Å². The second kappa shape index (κ2) is 6.64. The minimum atomic E-state index is -0.646. The Labute approximate surface area is 107 Å². The number of hydrogen-bond donors (Lipinski definition) is 3. The van der Waals surface area contributed by atoms with Crippen LogP contribution in [0.25, 0.3) is 0 Å². The van der Waals surface area contributed by atoms with Gasteiger partial charge in [0.05, 0.1) is 12.0 Å². The second-order valence-electron chi connectivity index (χ2n) is 4.13. The molecule has 98 valence electrons. The lowest BCUT2D eigenvalue weighted by Gasteiger charge is -2.19. The largest absolute Gasteiger partial charge is 0.409 e. The zero-order valence-corrected chi connectivity index (χ0v) is 10.6. The third kappa shape index (κ3) is 3.48. The van der Waals surface area contributed by atoms with Crippen LogP contribution in [0.3, 0.4) is 0 Å². The maximum absolute atomic E-state index is 11.9. The first kappa shape index (κ1) is 14.0. The van der Waals surface area contributed by atoms with E-state index in [-0.39, 0.29) is 17.8 Å². The fourth-order valence-corrected chi connectivity index (χ4v) is 1.62. The number of nitrogens with one attached hydrogen (secondary N) is 1. The van der Waals surface area contributed by atoms with Crippen LogP contribution < -0.4 is 11.1 Å². The molecule has 0 saturated heterocycles. The van der Waals surface area contributed by atoms with Crippen LogP contribution in [0.2, 0.25) is 0 Å². The number of carbonyl (C=O) groups excluding carboxylic acids is 1. The summed E-state index contributed by atoms with van der Waals surface area (Å²) in [6.45, 7) is 3.59. The summed E-state index contributed by atoms with van der Waals surface area (Å²) >= 11 is 0. The van der Waals surface area contributed by atoms with Crippen LogP contribution in [0.4, 0.5) is 0 Å². The molecule has 1 rings (SSSR count). The predicted octanol–water partition coefficient (Wildman–Crippen LogP) is 1.64. The van der Waals surface area contributed by atoms with Gasteiger partial charge in [0.1, 0.15) is 0 Å². The van der Waals surface area contributed by atoms with Crippen LogP contribution in [0.1, 0.15) is 31.9 Å². The SMILES string of the molecule is CCC(NC(=O)C(C)C(N)=NO)c1ccccc1. The minimum Gasteiger partial charge on any atom is -0.409 e. The quantitative estimate of drug-likeness (QED) is 0.321. The zero-order valence-electron chi connectivity index (χ0n) is 10.6. The third-order valence-electron chi connectivity index (χ3n) is 2.88. The van der Waals surface area contributed by atoms with Gasteiger partial charge in [-0.3, -0.25) is 4.79 Å². The van der Waals surface area contributed by atoms with E-state index in [0.717, 1.165) is 12.0 Å². The van der Waals surface area contributed by atoms with Crippen molar-refractivity contribution < 1.29 is 10.0 Å². The molecule has 0 heterocycles. The highest BCUT2D eigenvalue weighted by Crippen LogP contribution is 2.16. The molecule has 1 amide bonds. The Kier molecular flexibility index (Phi) is 5.17. The van der Waals surface area contributed by atoms with Crippen molar-refractivity contribution in [2.24, 2.45) is 16.8 Å². The summed E-state index contributed by atoms with van der Waals surface area (Å²) in [4.78, 5) is 11.9. The minimum absolute atomic E-state index is 0.0624. The molecule has 5 heteroatoms. The average molecular weight is 249 g/mol. The van der Waals surface area contributed by atoms with Gasteiger partial charge in [-0.1, -0.05) is 42.4 Å². The molecule has 2 unspecified atom stereocenters. The molecule has 18 heavy (non-hydrogen) atoms. The Morgan fingerprint density at radius 2 is 2.06 bits per heavy atom. The first-order valence-corrected chi connectivity index (χ1v) is 5.92. The standard InChI is InChI=1S/C13H19N3O2/c1-3-11(10-7-5-4-6-8-10)15-13(17)9(2)12(14)16-18/h4-9,11,18H,3H2,1-2H3,(H2,14,16)(H,15,17). The molecule has 0 aliphatic carbocycles. The van der Waals surface area contributed by atoms with Crippen molar-refractivity contribution in [3.63, 3.8) is 0 Å². The predicted molar refractivity (Wildman–Crippen MR) is 70.2 cm³/mol. The summed E-state index contributed by atoms with van der Waals surface area (Å²) in [5, 5.41) is 14.3. The molecular formula is C13H19N3O2. The number of nitrogens with zero attached hydrogens (tertiary/aromatic N) is 1. The van der Waals surface area contributed by atoms with Crippen molar-refractivity contribution in [3.05, 3.63) is 35.9 Å². The van der Waals surface area contributed by atoms with Gasteiger partial charge in [-0.2, -0.15) is 0 Å². The monoisotopic (exact) mass is 249 g/mol. The Hall–Kier alpha value is -2.04. The molecule has 0 aliphatic heterocycles. The van der Waals surface area contributed by atoms with E-state index in [2.05, 4.69) is 10.5 Å². The number of benzene rings is 1. The first-order chi connectivity index (χ1) is 8.60. The number of amidine groups is 1. The van der Waals surface area contributed by atoms with Crippen LogP contribution in [0.5, 0.6) is 0 Å². The molecule has 0 radical (unpaired) electrons. The van der Waals surface area contributed by atoms with Gasteiger partial charge >= 0.3 is 0 Å². The molecule has 0 saturated carbocycles. The number of oxime groups is 1. The van der Waals surface area contributed by atoms with Crippen molar-refractivity contribution in [3.8, 4) is 0 Å². The van der Waals surface area contributed by atoms with E-state index in [1.54, 1.807) is 6.92 Å². The van der Waals surface area contributed by atoms with Crippen molar-refractivity contribution >= 4 is 11.7 Å². The summed E-state index contributed by atoms with van der Waals surface area (Å²) in [6, 6.07) is 9.64. The van der Waals surface area contributed by atoms with E-state index in [9.17, 15) is 4.79 Å². The highest BCUT2D eigenvalue weighted by molar-refractivity contribution is 6.01. The van der Waals surface area contributed by atoms with Crippen LogP contribution >= 0.6 is 0 Å². The third-order valence-corrected chi connectivity index (χ3v) is 2.88. The molecule has 0 aliphatic rings. The lowest BCUT2D eigenvalue weighted by atomic mass is 10.0. The smallest absolute Gasteiger partial charge is 0.231 e. The number of hydrogen-bond acceptors (Lipinski definition) is 3. The van der Waals surface area contributed by atoms with Crippen LogP contribution in [0, 0.1) is 5.92 Å². The molecule has 1 aromatic rings. The van der Waals surface area contributed by atoms with Gasteiger partial charge in [-0.05, 0) is 18.9 Å². The number of amides is 1. The second-order valence-corrected chi connectivity index (χ2v) is 4.13. The van der Waals surface area contributed by atoms with E-state index in [0.29, 0.717) is 0 Å². The fraction of sp³-hybridized carbons (Fsp3) is 0.385. The highest BCUT2D eigenvalue weighted by Gasteiger charge is 2.20. The van der Waals surface area contributed by atoms with E-state index in [1.165, 1.54) is 0 Å². The van der Waals surface area contributed by atoms with Crippen molar-refractivity contribution in [1.82, 2.24) is 5.32 Å². The molecule has 0 bridgehead atoms. The highest BCUT2D eigenvalue weighted by atomic mass is 16.4. The molecule has 4 N–H and O–H groups in total. The summed E-state index contributed by atoms with van der Waals surface area (Å²) in [6.07, 6.45) is 0.776. The molecule has 5 nitrogen and oxygen atoms in total. The van der Waals surface area contributed by atoms with E-state index in [4.69, 9.17) is 10.9 Å². The number of nitrogens with two attached hydrogens (primary N) is 1. The van der Waals surface area contributed by atoms with Crippen molar-refractivity contribution in [1.29, 1.82) is 0 Å². The van der Waals surface area contributed by atoms with Crippen LogP contribution in [-0.2, 0) is 4.79 Å². The lowest BCUT2D eigenvalue weighted by molar-refractivity contribution is -0.123. The van der Waals surface area contributed by atoms with Crippen LogP contribution in [-0.4, -0.2) is 17.0 Å². The Balaban J connectivity index is 2.73. The van der Waals surface area contributed by atoms with Crippen LogP contribution in [0.15, 0.2) is 35.5 Å². The van der Waals surface area contributed by atoms with Gasteiger partial charge in [-0.15, -0.1) is 0 Å². The van der Waals surface area contributed by atoms with Gasteiger partial charge in [0.2, 0.25) is 5.91 Å². The summed E-state index contributed by atoms with van der Waals surface area (Å²) in [5.41, 5.74) is 6.45. The van der Waals surface area contributed by atoms with Crippen molar-refractivity contribution in [2.45, 2.75) is 26.3 Å². The van der Waals surface area contributed by atoms with E-state index >= 15 is 0 Å². The average Bonchev–Trinajstić information content (AvgIpc) is 2.43. The summed E-state index contributed by atoms with van der Waals surface area (Å²) < 4.78 is 0. The number of rotatable bonds is 5. The van der Waals surface area contributed by atoms with E-state index < -0.39 is 5.92 Å². The number of carbonyl (C=O) groups is 1. The summed E-state index contributed by atoms with van der Waals surface area (Å²) in [7, 11) is 0. The maximum atomic E-state index is 11.9. The topological polar surface area (TPSA) is 87.7 Å². The molecule has 0 fully saturated rings. The van der Waals surface area contributed by atoms with Gasteiger partial charge in [0, 0.05) is 0 Å². The molecule has 2 atom stereocenters.